The van der Waals surface area contributed by atoms with Crippen LogP contribution in [-0.4, -0.2) is 55.1 Å². The molecule has 0 aliphatic rings. The molecule has 0 fully saturated rings. The van der Waals surface area contributed by atoms with E-state index in [1.165, 1.54) is 0 Å². The highest BCUT2D eigenvalue weighted by atomic mass is 35.5. The summed E-state index contributed by atoms with van der Waals surface area (Å²) in [5, 5.41) is 20.2. The maximum atomic E-state index is 10.0. The van der Waals surface area contributed by atoms with Gasteiger partial charge in [0, 0.05) is 25.2 Å². The fraction of sp³-hybridized carbons (Fsp3) is 0.538. The Morgan fingerprint density at radius 3 is 2.39 bits per heavy atom. The highest BCUT2D eigenvalue weighted by Gasteiger charge is 2.13. The van der Waals surface area contributed by atoms with Crippen molar-refractivity contribution in [3.8, 4) is 0 Å². The summed E-state index contributed by atoms with van der Waals surface area (Å²) in [5.41, 5.74) is 0.812. The smallest absolute Gasteiger partial charge is 0.0916 e. The van der Waals surface area contributed by atoms with Gasteiger partial charge in [-0.25, -0.2) is 0 Å². The molecular weight excluding hydrogens is 254 g/mol. The van der Waals surface area contributed by atoms with Gasteiger partial charge in [-0.15, -0.1) is 0 Å². The van der Waals surface area contributed by atoms with Gasteiger partial charge >= 0.3 is 0 Å². The number of benzene rings is 1. The number of aliphatic hydroxyl groups is 2. The number of rotatable bonds is 7. The standard InChI is InChI=1S/C13H20ClNO3/c1-15(7-12(16)9-18-2)8-13(17)10-3-5-11(14)6-4-10/h3-6,12-13,16-17H,7-9H2,1-2H3. The third-order valence-electron chi connectivity index (χ3n) is 2.62. The Balaban J connectivity index is 2.43. The lowest BCUT2D eigenvalue weighted by atomic mass is 10.1. The molecule has 102 valence electrons. The molecule has 0 bridgehead atoms. The first-order valence-corrected chi connectivity index (χ1v) is 6.19. The van der Waals surface area contributed by atoms with Crippen molar-refractivity contribution >= 4 is 11.6 Å². The van der Waals surface area contributed by atoms with Crippen molar-refractivity contribution < 1.29 is 14.9 Å². The zero-order valence-electron chi connectivity index (χ0n) is 10.7. The van der Waals surface area contributed by atoms with E-state index in [9.17, 15) is 10.2 Å². The highest BCUT2D eigenvalue weighted by molar-refractivity contribution is 6.30. The van der Waals surface area contributed by atoms with Crippen LogP contribution < -0.4 is 0 Å². The van der Waals surface area contributed by atoms with E-state index in [-0.39, 0.29) is 0 Å². The molecule has 0 aromatic heterocycles. The van der Waals surface area contributed by atoms with E-state index in [0.29, 0.717) is 24.7 Å². The van der Waals surface area contributed by atoms with E-state index in [1.807, 2.05) is 11.9 Å². The van der Waals surface area contributed by atoms with Crippen LogP contribution in [0.5, 0.6) is 0 Å². The summed E-state index contributed by atoms with van der Waals surface area (Å²) in [4.78, 5) is 1.86. The van der Waals surface area contributed by atoms with Crippen LogP contribution in [-0.2, 0) is 4.74 Å². The predicted molar refractivity (Wildman–Crippen MR) is 71.8 cm³/mol. The second-order valence-corrected chi connectivity index (χ2v) is 4.83. The van der Waals surface area contributed by atoms with Crippen molar-refractivity contribution in [2.75, 3.05) is 33.9 Å². The van der Waals surface area contributed by atoms with Crippen LogP contribution in [0.1, 0.15) is 11.7 Å². The first kappa shape index (κ1) is 15.4. The monoisotopic (exact) mass is 273 g/mol. The molecule has 4 nitrogen and oxygen atoms in total. The lowest BCUT2D eigenvalue weighted by molar-refractivity contribution is 0.0318. The molecule has 2 atom stereocenters. The van der Waals surface area contributed by atoms with Gasteiger partial charge in [-0.3, -0.25) is 0 Å². The molecule has 5 heteroatoms. The van der Waals surface area contributed by atoms with Crippen LogP contribution in [0.15, 0.2) is 24.3 Å². The lowest BCUT2D eigenvalue weighted by Gasteiger charge is -2.23. The van der Waals surface area contributed by atoms with E-state index in [4.69, 9.17) is 16.3 Å². The quantitative estimate of drug-likeness (QED) is 0.787. The predicted octanol–water partition coefficient (Wildman–Crippen LogP) is 1.31. The average Bonchev–Trinajstić information content (AvgIpc) is 2.29. The maximum absolute atomic E-state index is 10.0. The molecule has 2 unspecified atom stereocenters. The van der Waals surface area contributed by atoms with Crippen LogP contribution >= 0.6 is 11.6 Å². The van der Waals surface area contributed by atoms with E-state index in [0.717, 1.165) is 5.56 Å². The summed E-state index contributed by atoms with van der Waals surface area (Å²) in [6, 6.07) is 7.10. The Morgan fingerprint density at radius 1 is 1.22 bits per heavy atom. The number of methoxy groups -OCH3 is 1. The largest absolute Gasteiger partial charge is 0.389 e. The third-order valence-corrected chi connectivity index (χ3v) is 2.87. The Bertz CT molecular complexity index is 345. The first-order chi connectivity index (χ1) is 8.52. The fourth-order valence-corrected chi connectivity index (χ4v) is 1.89. The van der Waals surface area contributed by atoms with Crippen molar-refractivity contribution in [3.05, 3.63) is 34.9 Å². The Labute approximate surface area is 113 Å². The molecule has 0 heterocycles. The summed E-state index contributed by atoms with van der Waals surface area (Å²) in [7, 11) is 3.39. The third kappa shape index (κ3) is 5.33. The van der Waals surface area contributed by atoms with Gasteiger partial charge in [0.15, 0.2) is 0 Å². The lowest BCUT2D eigenvalue weighted by Crippen LogP contribution is -2.34. The summed E-state index contributed by atoms with van der Waals surface area (Å²) in [6.07, 6.45) is -1.14. The number of hydrogen-bond acceptors (Lipinski definition) is 4. The molecule has 1 aromatic carbocycles. The average molecular weight is 274 g/mol. The van der Waals surface area contributed by atoms with Gasteiger partial charge in [-0.1, -0.05) is 23.7 Å². The minimum Gasteiger partial charge on any atom is -0.389 e. The molecule has 0 spiro atoms. The molecule has 0 saturated heterocycles. The van der Waals surface area contributed by atoms with Crippen molar-refractivity contribution in [2.24, 2.45) is 0 Å². The second-order valence-electron chi connectivity index (χ2n) is 4.40. The van der Waals surface area contributed by atoms with Crippen molar-refractivity contribution in [2.45, 2.75) is 12.2 Å². The SMILES string of the molecule is COCC(O)CN(C)CC(O)c1ccc(Cl)cc1. The van der Waals surface area contributed by atoms with Gasteiger partial charge in [0.05, 0.1) is 18.8 Å². The van der Waals surface area contributed by atoms with E-state index < -0.39 is 12.2 Å². The molecule has 0 aliphatic carbocycles. The Kier molecular flexibility index (Phi) is 6.60. The minimum absolute atomic E-state index is 0.293. The molecule has 2 N–H and O–H groups in total. The molecule has 0 aliphatic heterocycles. The summed E-state index contributed by atoms with van der Waals surface area (Å²) < 4.78 is 4.85. The van der Waals surface area contributed by atoms with Gasteiger partial charge in [0.25, 0.3) is 0 Å². The second kappa shape index (κ2) is 7.71. The van der Waals surface area contributed by atoms with Crippen LogP contribution in [0.2, 0.25) is 5.02 Å². The van der Waals surface area contributed by atoms with Crippen LogP contribution in [0.25, 0.3) is 0 Å². The molecule has 0 radical (unpaired) electrons. The number of nitrogens with zero attached hydrogens (tertiary/aromatic N) is 1. The highest BCUT2D eigenvalue weighted by Crippen LogP contribution is 2.17. The Hall–Kier alpha value is -0.650. The summed E-state index contributed by atoms with van der Waals surface area (Å²) in [5.74, 6) is 0. The van der Waals surface area contributed by atoms with E-state index >= 15 is 0 Å². The minimum atomic E-state index is -0.595. The molecule has 0 saturated carbocycles. The van der Waals surface area contributed by atoms with Gasteiger partial charge in [0.2, 0.25) is 0 Å². The number of hydrogen-bond donors (Lipinski definition) is 2. The first-order valence-electron chi connectivity index (χ1n) is 5.82. The number of ether oxygens (including phenoxy) is 1. The van der Waals surface area contributed by atoms with Gasteiger partial charge < -0.3 is 19.8 Å². The summed E-state index contributed by atoms with van der Waals surface area (Å²) in [6.45, 7) is 1.20. The molecular formula is C13H20ClNO3. The van der Waals surface area contributed by atoms with Crippen molar-refractivity contribution in [1.29, 1.82) is 0 Å². The topological polar surface area (TPSA) is 52.9 Å². The van der Waals surface area contributed by atoms with Gasteiger partial charge in [-0.2, -0.15) is 0 Å². The van der Waals surface area contributed by atoms with E-state index in [1.54, 1.807) is 31.4 Å². The summed E-state index contributed by atoms with van der Waals surface area (Å²) >= 11 is 5.79. The fourth-order valence-electron chi connectivity index (χ4n) is 1.76. The van der Waals surface area contributed by atoms with Crippen LogP contribution in [0.3, 0.4) is 0 Å². The molecule has 18 heavy (non-hydrogen) atoms. The number of halogens is 1. The zero-order valence-corrected chi connectivity index (χ0v) is 11.5. The molecule has 1 rings (SSSR count). The number of likely N-dealkylation sites (N-methyl/N-ethyl adjacent to an activating group) is 1. The maximum Gasteiger partial charge on any atom is 0.0916 e. The van der Waals surface area contributed by atoms with Crippen LogP contribution in [0.4, 0.5) is 0 Å². The Morgan fingerprint density at radius 2 is 1.83 bits per heavy atom. The van der Waals surface area contributed by atoms with Crippen LogP contribution in [0, 0.1) is 0 Å². The van der Waals surface area contributed by atoms with Crippen molar-refractivity contribution in [3.63, 3.8) is 0 Å². The van der Waals surface area contributed by atoms with Gasteiger partial charge in [-0.05, 0) is 24.7 Å². The zero-order chi connectivity index (χ0) is 13.5. The molecule has 0 amide bonds. The van der Waals surface area contributed by atoms with E-state index in [2.05, 4.69) is 0 Å². The normalized spacial score (nSPS) is 14.8. The van der Waals surface area contributed by atoms with Gasteiger partial charge in [0.1, 0.15) is 0 Å². The number of aliphatic hydroxyl groups excluding tert-OH is 2. The van der Waals surface area contributed by atoms with Crippen molar-refractivity contribution in [1.82, 2.24) is 4.90 Å². The molecule has 1 aromatic rings.